The first kappa shape index (κ1) is 21.9. The number of rotatable bonds is 4. The maximum Gasteiger partial charge on any atom is 0.242 e. The normalized spacial score (nSPS) is 24.3. The van der Waals surface area contributed by atoms with E-state index in [1.54, 1.807) is 19.6 Å². The van der Waals surface area contributed by atoms with E-state index in [2.05, 4.69) is 25.9 Å². The Labute approximate surface area is 188 Å². The molecule has 0 bridgehead atoms. The number of hydrogen-bond acceptors (Lipinski definition) is 5. The molecule has 3 heterocycles. The largest absolute Gasteiger partial charge is 0.340 e. The summed E-state index contributed by atoms with van der Waals surface area (Å²) in [5, 5.41) is 3.30. The highest BCUT2D eigenvalue weighted by Crippen LogP contribution is 2.34. The summed E-state index contributed by atoms with van der Waals surface area (Å²) >= 11 is 7.22. The third-order valence-electron chi connectivity index (χ3n) is 4.96. The fourth-order valence-electron chi connectivity index (χ4n) is 3.26. The van der Waals surface area contributed by atoms with Crippen molar-refractivity contribution in [3.8, 4) is 10.6 Å². The first-order chi connectivity index (χ1) is 14.6. The number of carbonyl (C=O) groups is 1. The van der Waals surface area contributed by atoms with Gasteiger partial charge < -0.3 is 9.88 Å². The fraction of sp³-hybridized carbons (Fsp3) is 0.263. The Kier molecular flexibility index (Phi) is 5.88. The topological polar surface area (TPSA) is 92.1 Å². The van der Waals surface area contributed by atoms with Gasteiger partial charge >= 0.3 is 0 Å². The smallest absolute Gasteiger partial charge is 0.242 e. The molecular formula is C19H20ClFN6O2S2. The lowest BCUT2D eigenvalue weighted by Gasteiger charge is -2.38. The minimum Gasteiger partial charge on any atom is -0.340 e. The van der Waals surface area contributed by atoms with E-state index in [0.29, 0.717) is 17.1 Å². The molecule has 164 valence electrons. The van der Waals surface area contributed by atoms with Gasteiger partial charge in [-0.25, -0.2) is 27.6 Å². The summed E-state index contributed by atoms with van der Waals surface area (Å²) in [6.45, 7) is 0. The molecule has 1 aliphatic rings. The molecule has 3 atom stereocenters. The van der Waals surface area contributed by atoms with E-state index in [1.807, 2.05) is 17.8 Å². The molecule has 1 fully saturated rings. The Hall–Kier alpha value is -2.31. The summed E-state index contributed by atoms with van der Waals surface area (Å²) in [5.74, 6) is 2.80. The van der Waals surface area contributed by atoms with Crippen LogP contribution in [0.1, 0.15) is 17.5 Å². The van der Waals surface area contributed by atoms with Gasteiger partial charge in [0.05, 0.1) is 37.9 Å². The van der Waals surface area contributed by atoms with Gasteiger partial charge in [-0.15, -0.1) is 11.3 Å². The van der Waals surface area contributed by atoms with Crippen molar-refractivity contribution < 1.29 is 13.4 Å². The van der Waals surface area contributed by atoms with Crippen LogP contribution in [0.3, 0.4) is 0 Å². The minimum atomic E-state index is -2.93. The van der Waals surface area contributed by atoms with Crippen LogP contribution >= 0.6 is 22.9 Å². The monoisotopic (exact) mass is 482 g/mol. The number of thiazole rings is 1. The summed E-state index contributed by atoms with van der Waals surface area (Å²) < 4.78 is 32.7. The van der Waals surface area contributed by atoms with Crippen LogP contribution in [0, 0.1) is 5.82 Å². The Morgan fingerprint density at radius 1 is 1.42 bits per heavy atom. The number of imidazole rings is 1. The second-order valence-corrected chi connectivity index (χ2v) is 10.8. The molecule has 12 heteroatoms. The van der Waals surface area contributed by atoms with Gasteiger partial charge in [-0.05, 0) is 30.5 Å². The van der Waals surface area contributed by atoms with Gasteiger partial charge in [-0.3, -0.25) is 4.79 Å². The molecule has 0 radical (unpaired) electrons. The van der Waals surface area contributed by atoms with E-state index in [0.717, 1.165) is 10.6 Å². The molecule has 1 amide bonds. The van der Waals surface area contributed by atoms with Gasteiger partial charge in [0.1, 0.15) is 16.9 Å². The van der Waals surface area contributed by atoms with Crippen LogP contribution in [0.2, 0.25) is 5.02 Å². The van der Waals surface area contributed by atoms with E-state index in [4.69, 9.17) is 11.6 Å². The van der Waals surface area contributed by atoms with Crippen LogP contribution in [0.15, 0.2) is 36.9 Å². The second-order valence-electron chi connectivity index (χ2n) is 7.21. The molecule has 0 spiro atoms. The van der Waals surface area contributed by atoms with Crippen molar-refractivity contribution in [3.05, 3.63) is 52.8 Å². The Morgan fingerprint density at radius 2 is 2.19 bits per heavy atom. The third kappa shape index (κ3) is 4.51. The van der Waals surface area contributed by atoms with Crippen LogP contribution in [0.25, 0.3) is 10.6 Å². The van der Waals surface area contributed by atoms with Crippen molar-refractivity contribution in [3.63, 3.8) is 0 Å². The van der Waals surface area contributed by atoms with Crippen molar-refractivity contribution in [1.82, 2.24) is 23.6 Å². The molecule has 0 saturated carbocycles. The highest BCUT2D eigenvalue weighted by molar-refractivity contribution is 7.96. The quantitative estimate of drug-likeness (QED) is 0.559. The molecule has 1 saturated heterocycles. The predicted octanol–water partition coefficient (Wildman–Crippen LogP) is 2.86. The lowest BCUT2D eigenvalue weighted by molar-refractivity contribution is -0.120. The summed E-state index contributed by atoms with van der Waals surface area (Å²) in [5.41, 5.74) is 1.14. The Bertz CT molecular complexity index is 1240. The lowest BCUT2D eigenvalue weighted by Crippen LogP contribution is -2.55. The van der Waals surface area contributed by atoms with Crippen molar-refractivity contribution in [2.24, 2.45) is 7.05 Å². The average molecular weight is 483 g/mol. The number of aromatic nitrogens is 3. The van der Waals surface area contributed by atoms with Gasteiger partial charge in [0.15, 0.2) is 0 Å². The van der Waals surface area contributed by atoms with Crippen molar-refractivity contribution >= 4 is 50.3 Å². The maximum atomic E-state index is 13.4. The Morgan fingerprint density at radius 3 is 2.87 bits per heavy atom. The number of carbonyl (C=O) groups excluding carboxylic acids is 1. The zero-order valence-corrected chi connectivity index (χ0v) is 19.1. The number of benzene rings is 1. The van der Waals surface area contributed by atoms with E-state index in [1.165, 1.54) is 33.8 Å². The molecule has 31 heavy (non-hydrogen) atoms. The van der Waals surface area contributed by atoms with E-state index in [9.17, 15) is 13.4 Å². The number of hydrogen-bond donors (Lipinski definition) is 2. The number of likely N-dealkylation sites (N-methyl/N-ethyl adjacent to an activating group) is 1. The van der Waals surface area contributed by atoms with Crippen LogP contribution < -0.4 is 10.0 Å². The number of aryl methyl sites for hydroxylation is 1. The van der Waals surface area contributed by atoms with Gasteiger partial charge in [0.25, 0.3) is 0 Å². The van der Waals surface area contributed by atoms with E-state index < -0.39 is 33.7 Å². The number of nitrogens with one attached hydrogen (secondary N) is 2. The van der Waals surface area contributed by atoms with Crippen molar-refractivity contribution in [2.45, 2.75) is 18.5 Å². The standard InChI is InChI=1S/C19H20ClFN6O2S2/c1-26-9-15(23-10-26)17-8-22-19(30-17)14-7-16(27(2)31(3,29)25-14)18(28)24-11-4-5-13(21)12(20)6-11/h4-6,8-10,14,16H,3,7H2,1-2H3,(H,24,28)(H,25,29)/t14-,16+,31?/m1/s1. The number of amides is 1. The maximum absolute atomic E-state index is 13.4. The number of nitrogens with zero attached hydrogens (tertiary/aromatic N) is 4. The SMILES string of the molecule is C=S1(=O)N[C@@H](c2ncc(-c3cn(C)cn3)s2)C[C@@H](C(=O)Nc2ccc(F)c(Cl)c2)N1C. The molecule has 3 aromatic rings. The first-order valence-corrected chi connectivity index (χ1v) is 12.1. The third-order valence-corrected chi connectivity index (χ3v) is 8.22. The molecule has 4 rings (SSSR count). The second kappa shape index (κ2) is 8.32. The summed E-state index contributed by atoms with van der Waals surface area (Å²) in [6.07, 6.45) is 5.61. The zero-order chi connectivity index (χ0) is 22.3. The van der Waals surface area contributed by atoms with Crippen molar-refractivity contribution in [1.29, 1.82) is 0 Å². The highest BCUT2D eigenvalue weighted by Gasteiger charge is 2.38. The highest BCUT2D eigenvalue weighted by atomic mass is 35.5. The average Bonchev–Trinajstić information content (AvgIpc) is 3.35. The van der Waals surface area contributed by atoms with Crippen LogP contribution in [-0.2, 0) is 21.7 Å². The van der Waals surface area contributed by atoms with Gasteiger partial charge in [-0.1, -0.05) is 11.6 Å². The van der Waals surface area contributed by atoms with Gasteiger partial charge in [-0.2, -0.15) is 0 Å². The molecule has 8 nitrogen and oxygen atoms in total. The predicted molar refractivity (Wildman–Crippen MR) is 122 cm³/mol. The minimum absolute atomic E-state index is 0.0971. The number of halogens is 2. The summed E-state index contributed by atoms with van der Waals surface area (Å²) in [7, 11) is 0.524. The number of anilines is 1. The molecule has 1 aromatic carbocycles. The van der Waals surface area contributed by atoms with Crippen LogP contribution in [0.5, 0.6) is 0 Å². The van der Waals surface area contributed by atoms with Gasteiger partial charge in [0, 0.05) is 32.2 Å². The molecule has 1 unspecified atom stereocenters. The van der Waals surface area contributed by atoms with Crippen molar-refractivity contribution in [2.75, 3.05) is 12.4 Å². The van der Waals surface area contributed by atoms with E-state index in [-0.39, 0.29) is 5.02 Å². The van der Waals surface area contributed by atoms with E-state index >= 15 is 0 Å². The van der Waals surface area contributed by atoms with Gasteiger partial charge in [0.2, 0.25) is 5.91 Å². The van der Waals surface area contributed by atoms with Crippen LogP contribution in [-0.4, -0.2) is 47.9 Å². The van der Waals surface area contributed by atoms with Crippen LogP contribution in [0.4, 0.5) is 10.1 Å². The molecule has 0 aliphatic carbocycles. The lowest BCUT2D eigenvalue weighted by atomic mass is 10.1. The molecule has 2 aromatic heterocycles. The fourth-order valence-corrected chi connectivity index (χ4v) is 5.87. The summed E-state index contributed by atoms with van der Waals surface area (Å²) in [6, 6.07) is 2.73. The first-order valence-electron chi connectivity index (χ1n) is 9.21. The molecule has 2 N–H and O–H groups in total. The Balaban J connectivity index is 1.57. The summed E-state index contributed by atoms with van der Waals surface area (Å²) in [4.78, 5) is 22.6. The zero-order valence-electron chi connectivity index (χ0n) is 16.7. The molecule has 1 aliphatic heterocycles. The molecular weight excluding hydrogens is 463 g/mol.